The summed E-state index contributed by atoms with van der Waals surface area (Å²) in [5.74, 6) is 0.791. The number of fused-ring (bicyclic) bond motifs is 4. The van der Waals surface area contributed by atoms with Crippen molar-refractivity contribution in [1.82, 2.24) is 0 Å². The van der Waals surface area contributed by atoms with Crippen molar-refractivity contribution >= 4 is 44.7 Å². The molecule has 9 rings (SSSR count). The van der Waals surface area contributed by atoms with Crippen LogP contribution in [0.2, 0.25) is 0 Å². The molecule has 0 aliphatic carbocycles. The van der Waals surface area contributed by atoms with Gasteiger partial charge in [0.1, 0.15) is 11.3 Å². The Bertz CT molecular complexity index is 2350. The summed E-state index contributed by atoms with van der Waals surface area (Å²) in [5.41, 5.74) is 11.5. The van der Waals surface area contributed by atoms with E-state index in [0.29, 0.717) is 0 Å². The highest BCUT2D eigenvalue weighted by Gasteiger charge is 2.26. The van der Waals surface area contributed by atoms with Crippen LogP contribution in [0.1, 0.15) is 11.8 Å². The van der Waals surface area contributed by atoms with Crippen molar-refractivity contribution in [2.45, 2.75) is 6.23 Å². The van der Waals surface area contributed by atoms with E-state index in [9.17, 15) is 0 Å². The van der Waals surface area contributed by atoms with E-state index in [-0.39, 0.29) is 6.23 Å². The van der Waals surface area contributed by atoms with Crippen LogP contribution in [0.5, 0.6) is 5.75 Å². The number of benzene rings is 7. The molecule has 1 aromatic heterocycles. The molecule has 0 fully saturated rings. The Balaban J connectivity index is 1.11. The van der Waals surface area contributed by atoms with Gasteiger partial charge in [-0.05, 0) is 64.7 Å². The van der Waals surface area contributed by atoms with E-state index in [1.165, 1.54) is 16.7 Å². The standard InChI is InChI=1S/C43H30N2O2/c1-4-12-29(13-5-1)32-16-10-17-33(26-32)30-22-24-35(25-23-30)45(34-18-8-3-9-19-34)39-21-11-20-36-37-27-38-41(28-40(37)46-42(36)39)47-43(44-38)31-14-6-2-7-15-31/h1-28,43-44H. The predicted octanol–water partition coefficient (Wildman–Crippen LogP) is 11.9. The van der Waals surface area contributed by atoms with Crippen LogP contribution in [0, 0.1) is 0 Å². The SMILES string of the molecule is c1ccc(-c2cccc(-c3ccc(N(c4ccccc4)c4cccc5c4oc4cc6c(cc45)NC(c4ccccc4)O6)cc3)c2)cc1. The molecule has 2 heterocycles. The fourth-order valence-electron chi connectivity index (χ4n) is 6.59. The third kappa shape index (κ3) is 4.88. The van der Waals surface area contributed by atoms with Gasteiger partial charge in [-0.3, -0.25) is 0 Å². The normalized spacial score (nSPS) is 13.7. The molecule has 1 unspecified atom stereocenters. The zero-order chi connectivity index (χ0) is 31.2. The maximum atomic E-state index is 6.67. The highest BCUT2D eigenvalue weighted by atomic mass is 16.5. The number of rotatable bonds is 6. The molecule has 1 atom stereocenters. The summed E-state index contributed by atoms with van der Waals surface area (Å²) in [7, 11) is 0. The Labute approximate surface area is 273 Å². The lowest BCUT2D eigenvalue weighted by atomic mass is 9.99. The summed E-state index contributed by atoms with van der Waals surface area (Å²) in [6, 6.07) is 59.2. The number of furan rings is 1. The van der Waals surface area contributed by atoms with Gasteiger partial charge in [0.15, 0.2) is 11.8 Å². The van der Waals surface area contributed by atoms with E-state index in [1.807, 2.05) is 30.3 Å². The smallest absolute Gasteiger partial charge is 0.196 e. The van der Waals surface area contributed by atoms with Crippen molar-refractivity contribution in [3.8, 4) is 28.0 Å². The van der Waals surface area contributed by atoms with Crippen molar-refractivity contribution in [1.29, 1.82) is 0 Å². The third-order valence-electron chi connectivity index (χ3n) is 8.90. The lowest BCUT2D eigenvalue weighted by Crippen LogP contribution is -2.10. The average Bonchev–Trinajstić information content (AvgIpc) is 3.73. The zero-order valence-corrected chi connectivity index (χ0v) is 25.5. The molecule has 224 valence electrons. The summed E-state index contributed by atoms with van der Waals surface area (Å²) in [5, 5.41) is 5.65. The van der Waals surface area contributed by atoms with Crippen molar-refractivity contribution in [3.05, 3.63) is 175 Å². The van der Waals surface area contributed by atoms with Crippen molar-refractivity contribution < 1.29 is 9.15 Å². The van der Waals surface area contributed by atoms with Gasteiger partial charge in [0, 0.05) is 33.8 Å². The highest BCUT2D eigenvalue weighted by Crippen LogP contribution is 2.46. The summed E-state index contributed by atoms with van der Waals surface area (Å²) >= 11 is 0. The molecule has 1 aliphatic heterocycles. The number of hydrogen-bond donors (Lipinski definition) is 1. The summed E-state index contributed by atoms with van der Waals surface area (Å²) in [6.45, 7) is 0. The van der Waals surface area contributed by atoms with E-state index in [0.717, 1.165) is 61.6 Å². The van der Waals surface area contributed by atoms with Crippen LogP contribution in [0.4, 0.5) is 22.7 Å². The van der Waals surface area contributed by atoms with Gasteiger partial charge in [-0.1, -0.05) is 121 Å². The van der Waals surface area contributed by atoms with Gasteiger partial charge in [-0.15, -0.1) is 0 Å². The molecule has 7 aromatic carbocycles. The lowest BCUT2D eigenvalue weighted by Gasteiger charge is -2.25. The van der Waals surface area contributed by atoms with Gasteiger partial charge >= 0.3 is 0 Å². The van der Waals surface area contributed by atoms with Crippen molar-refractivity contribution in [3.63, 3.8) is 0 Å². The first-order valence-electron chi connectivity index (χ1n) is 15.9. The van der Waals surface area contributed by atoms with E-state index in [1.54, 1.807) is 0 Å². The third-order valence-corrected chi connectivity index (χ3v) is 8.90. The molecule has 8 aromatic rings. The first kappa shape index (κ1) is 27.1. The Hall–Kier alpha value is -6.26. The van der Waals surface area contributed by atoms with Crippen LogP contribution in [0.25, 0.3) is 44.2 Å². The first-order chi connectivity index (χ1) is 23.3. The largest absolute Gasteiger partial charge is 0.464 e. The average molecular weight is 607 g/mol. The summed E-state index contributed by atoms with van der Waals surface area (Å²) in [4.78, 5) is 2.27. The maximum Gasteiger partial charge on any atom is 0.196 e. The number of anilines is 4. The fraction of sp³-hybridized carbons (Fsp3) is 0.0233. The molecule has 1 aliphatic rings. The van der Waals surface area contributed by atoms with Gasteiger partial charge in [0.05, 0.1) is 11.4 Å². The second-order valence-corrected chi connectivity index (χ2v) is 11.8. The van der Waals surface area contributed by atoms with E-state index >= 15 is 0 Å². The zero-order valence-electron chi connectivity index (χ0n) is 25.5. The minimum absolute atomic E-state index is 0.225. The molecule has 4 heteroatoms. The fourth-order valence-corrected chi connectivity index (χ4v) is 6.59. The number of nitrogens with one attached hydrogen (secondary N) is 1. The number of hydrogen-bond acceptors (Lipinski definition) is 4. The van der Waals surface area contributed by atoms with Gasteiger partial charge in [-0.25, -0.2) is 0 Å². The van der Waals surface area contributed by atoms with Crippen LogP contribution in [0.3, 0.4) is 0 Å². The molecule has 47 heavy (non-hydrogen) atoms. The van der Waals surface area contributed by atoms with Crippen LogP contribution in [-0.2, 0) is 0 Å². The molecule has 0 saturated heterocycles. The van der Waals surface area contributed by atoms with Crippen LogP contribution >= 0.6 is 0 Å². The Morgan fingerprint density at radius 1 is 0.489 bits per heavy atom. The summed E-state index contributed by atoms with van der Waals surface area (Å²) < 4.78 is 13.0. The quantitative estimate of drug-likeness (QED) is 0.204. The molecule has 4 nitrogen and oxygen atoms in total. The monoisotopic (exact) mass is 606 g/mol. The molecule has 0 radical (unpaired) electrons. The van der Waals surface area contributed by atoms with E-state index in [2.05, 4.69) is 150 Å². The van der Waals surface area contributed by atoms with Crippen molar-refractivity contribution in [2.24, 2.45) is 0 Å². The van der Waals surface area contributed by atoms with Gasteiger partial charge in [0.2, 0.25) is 0 Å². The molecule has 1 N–H and O–H groups in total. The maximum absolute atomic E-state index is 6.67. The van der Waals surface area contributed by atoms with Crippen LogP contribution < -0.4 is 15.0 Å². The number of ether oxygens (including phenoxy) is 1. The first-order valence-corrected chi connectivity index (χ1v) is 15.9. The minimum atomic E-state index is -0.225. The molecule has 0 spiro atoms. The highest BCUT2D eigenvalue weighted by molar-refractivity contribution is 6.11. The molecule has 0 saturated carbocycles. The van der Waals surface area contributed by atoms with Gasteiger partial charge in [0.25, 0.3) is 0 Å². The Kier molecular flexibility index (Phi) is 6.50. The molecular weight excluding hydrogens is 576 g/mol. The second-order valence-electron chi connectivity index (χ2n) is 11.8. The second kappa shape index (κ2) is 11.3. The lowest BCUT2D eigenvalue weighted by molar-refractivity contribution is 0.260. The summed E-state index contributed by atoms with van der Waals surface area (Å²) in [6.07, 6.45) is -0.225. The Morgan fingerprint density at radius 2 is 1.11 bits per heavy atom. The predicted molar refractivity (Wildman–Crippen MR) is 193 cm³/mol. The number of para-hydroxylation sites is 2. The molecule has 0 bridgehead atoms. The molecule has 0 amide bonds. The van der Waals surface area contributed by atoms with Gasteiger partial charge in [-0.2, -0.15) is 0 Å². The van der Waals surface area contributed by atoms with Gasteiger partial charge < -0.3 is 19.4 Å². The van der Waals surface area contributed by atoms with Crippen LogP contribution in [-0.4, -0.2) is 0 Å². The van der Waals surface area contributed by atoms with Crippen LogP contribution in [0.15, 0.2) is 174 Å². The van der Waals surface area contributed by atoms with E-state index < -0.39 is 0 Å². The van der Waals surface area contributed by atoms with Crippen molar-refractivity contribution in [2.75, 3.05) is 10.2 Å². The Morgan fingerprint density at radius 3 is 1.85 bits per heavy atom. The topological polar surface area (TPSA) is 37.6 Å². The minimum Gasteiger partial charge on any atom is -0.464 e. The van der Waals surface area contributed by atoms with E-state index in [4.69, 9.17) is 9.15 Å². The molecular formula is C43H30N2O2. The number of nitrogens with zero attached hydrogens (tertiary/aromatic N) is 1.